The summed E-state index contributed by atoms with van der Waals surface area (Å²) in [4.78, 5) is 11.6. The molecule has 0 amide bonds. The molecule has 2 aliphatic rings. The van der Waals surface area contributed by atoms with Gasteiger partial charge in [-0.25, -0.2) is 4.79 Å². The summed E-state index contributed by atoms with van der Waals surface area (Å²) in [6, 6.07) is 0. The van der Waals surface area contributed by atoms with Crippen molar-refractivity contribution in [3.05, 3.63) is 11.6 Å². The minimum absolute atomic E-state index is 0.157. The fourth-order valence-corrected chi connectivity index (χ4v) is 6.43. The third-order valence-corrected chi connectivity index (χ3v) is 9.11. The zero-order valence-corrected chi connectivity index (χ0v) is 26.9. The summed E-state index contributed by atoms with van der Waals surface area (Å²) in [5.74, 6) is -0.309. The van der Waals surface area contributed by atoms with Gasteiger partial charge in [-0.2, -0.15) is 0 Å². The van der Waals surface area contributed by atoms with Crippen LogP contribution in [0.1, 0.15) is 162 Å². The summed E-state index contributed by atoms with van der Waals surface area (Å²) in [6.45, 7) is 4.07. The first-order valence-corrected chi connectivity index (χ1v) is 17.6. The highest BCUT2D eigenvalue weighted by atomic mass is 16.5. The van der Waals surface area contributed by atoms with E-state index in [-0.39, 0.29) is 30.4 Å². The second-order valence-corrected chi connectivity index (χ2v) is 13.1. The minimum Gasteiger partial charge on any atom is -0.455 e. The van der Waals surface area contributed by atoms with E-state index in [1.807, 2.05) is 6.92 Å². The first kappa shape index (κ1) is 37.2. The largest absolute Gasteiger partial charge is 0.455 e. The molecule has 0 aromatic rings. The zero-order valence-electron chi connectivity index (χ0n) is 26.9. The van der Waals surface area contributed by atoms with Crippen molar-refractivity contribution in [3.63, 3.8) is 0 Å². The highest BCUT2D eigenvalue weighted by Crippen LogP contribution is 2.28. The molecular weight excluding hydrogens is 532 g/mol. The molecule has 246 valence electrons. The van der Waals surface area contributed by atoms with Gasteiger partial charge in [0.05, 0.1) is 36.6 Å². The Morgan fingerprint density at radius 2 is 1.12 bits per heavy atom. The first-order chi connectivity index (χ1) is 20.3. The molecule has 4 N–H and O–H groups in total. The maximum Gasteiger partial charge on any atom is 0.334 e. The number of carbonyl (C=O) groups is 1. The molecule has 0 bridgehead atoms. The Morgan fingerprint density at radius 1 is 0.667 bits per heavy atom. The van der Waals surface area contributed by atoms with Gasteiger partial charge in [0, 0.05) is 12.0 Å². The Hall–Kier alpha value is -0.990. The van der Waals surface area contributed by atoms with Gasteiger partial charge in [-0.3, -0.25) is 0 Å². The number of unbranched alkanes of at least 4 members (excludes halogenated alkanes) is 12. The van der Waals surface area contributed by atoms with Crippen molar-refractivity contribution >= 4 is 5.97 Å². The second-order valence-electron chi connectivity index (χ2n) is 13.1. The van der Waals surface area contributed by atoms with E-state index in [4.69, 9.17) is 9.47 Å². The number of hydrogen-bond acceptors (Lipinski definition) is 7. The van der Waals surface area contributed by atoms with Crippen LogP contribution in [0.15, 0.2) is 11.6 Å². The van der Waals surface area contributed by atoms with Crippen LogP contribution in [0.2, 0.25) is 0 Å². The highest BCUT2D eigenvalue weighted by molar-refractivity contribution is 5.90. The van der Waals surface area contributed by atoms with E-state index < -0.39 is 18.3 Å². The van der Waals surface area contributed by atoms with Crippen LogP contribution in [-0.2, 0) is 14.3 Å². The summed E-state index contributed by atoms with van der Waals surface area (Å²) in [7, 11) is 0. The summed E-state index contributed by atoms with van der Waals surface area (Å²) in [5, 5.41) is 41.7. The lowest BCUT2D eigenvalue weighted by atomic mass is 9.99. The normalized spacial score (nSPS) is 23.5. The summed E-state index contributed by atoms with van der Waals surface area (Å²) < 4.78 is 11.1. The number of esters is 1. The highest BCUT2D eigenvalue weighted by Gasteiger charge is 2.34. The van der Waals surface area contributed by atoms with Crippen molar-refractivity contribution < 1.29 is 34.7 Å². The Bertz CT molecular complexity index is 726. The van der Waals surface area contributed by atoms with Gasteiger partial charge < -0.3 is 29.9 Å². The van der Waals surface area contributed by atoms with E-state index in [2.05, 4.69) is 6.92 Å². The van der Waals surface area contributed by atoms with Gasteiger partial charge in [-0.1, -0.05) is 96.8 Å². The molecule has 0 spiro atoms. The monoisotopic (exact) mass is 596 g/mol. The molecule has 0 saturated carbocycles. The maximum atomic E-state index is 11.6. The molecule has 7 unspecified atom stereocenters. The molecule has 0 aromatic carbocycles. The lowest BCUT2D eigenvalue weighted by Crippen LogP contribution is -2.31. The molecule has 2 aliphatic heterocycles. The number of aliphatic hydroxyl groups is 4. The fourth-order valence-electron chi connectivity index (χ4n) is 6.43. The average Bonchev–Trinajstić information content (AvgIpc) is 3.57. The summed E-state index contributed by atoms with van der Waals surface area (Å²) in [5.41, 5.74) is 0.583. The topological polar surface area (TPSA) is 116 Å². The van der Waals surface area contributed by atoms with Crippen LogP contribution >= 0.6 is 0 Å². The quantitative estimate of drug-likeness (QED) is 0.0624. The van der Waals surface area contributed by atoms with E-state index >= 15 is 0 Å². The minimum atomic E-state index is -0.539. The van der Waals surface area contributed by atoms with Gasteiger partial charge in [0.25, 0.3) is 0 Å². The molecule has 42 heavy (non-hydrogen) atoms. The molecule has 1 saturated heterocycles. The standard InChI is InChI=1S/C35H64O7/c1-3-4-5-6-7-8-9-10-11-16-21-31(38)33-23-24-34(42-33)32(39)22-17-20-29(36)18-14-12-13-15-19-30(37)26-28-25-27(2)41-35(28)40/h25,27,29-34,36-39H,3-24,26H2,1-2H3. The van der Waals surface area contributed by atoms with Crippen LogP contribution in [0, 0.1) is 0 Å². The molecular formula is C35H64O7. The van der Waals surface area contributed by atoms with Crippen molar-refractivity contribution in [2.75, 3.05) is 0 Å². The molecule has 7 heteroatoms. The van der Waals surface area contributed by atoms with Crippen LogP contribution in [0.25, 0.3) is 0 Å². The van der Waals surface area contributed by atoms with E-state index in [9.17, 15) is 25.2 Å². The van der Waals surface area contributed by atoms with Gasteiger partial charge in [0.2, 0.25) is 0 Å². The zero-order chi connectivity index (χ0) is 30.6. The lowest BCUT2D eigenvalue weighted by molar-refractivity contribution is -0.139. The predicted molar refractivity (Wildman–Crippen MR) is 168 cm³/mol. The van der Waals surface area contributed by atoms with E-state index in [0.717, 1.165) is 64.2 Å². The van der Waals surface area contributed by atoms with E-state index in [1.54, 1.807) is 6.08 Å². The van der Waals surface area contributed by atoms with Gasteiger partial charge in [0.1, 0.15) is 6.10 Å². The van der Waals surface area contributed by atoms with Crippen molar-refractivity contribution in [1.29, 1.82) is 0 Å². The molecule has 2 heterocycles. The number of hydrogen-bond donors (Lipinski definition) is 4. The average molecular weight is 597 g/mol. The number of aliphatic hydroxyl groups excluding tert-OH is 4. The van der Waals surface area contributed by atoms with Crippen LogP contribution in [0.3, 0.4) is 0 Å². The van der Waals surface area contributed by atoms with Crippen molar-refractivity contribution in [1.82, 2.24) is 0 Å². The van der Waals surface area contributed by atoms with Gasteiger partial charge in [-0.15, -0.1) is 0 Å². The van der Waals surface area contributed by atoms with Gasteiger partial charge in [0.15, 0.2) is 0 Å². The van der Waals surface area contributed by atoms with Crippen molar-refractivity contribution in [2.24, 2.45) is 0 Å². The molecule has 7 atom stereocenters. The van der Waals surface area contributed by atoms with Crippen molar-refractivity contribution in [2.45, 2.75) is 204 Å². The molecule has 0 aliphatic carbocycles. The van der Waals surface area contributed by atoms with Crippen LogP contribution < -0.4 is 0 Å². The Balaban J connectivity index is 1.41. The predicted octanol–water partition coefficient (Wildman–Crippen LogP) is 7.06. The molecule has 1 fully saturated rings. The number of ether oxygens (including phenoxy) is 2. The van der Waals surface area contributed by atoms with E-state index in [1.165, 1.54) is 57.8 Å². The number of carbonyl (C=O) groups excluding carboxylic acids is 1. The Morgan fingerprint density at radius 3 is 1.64 bits per heavy atom. The first-order valence-electron chi connectivity index (χ1n) is 17.6. The molecule has 0 radical (unpaired) electrons. The molecule has 2 rings (SSSR count). The fraction of sp³-hybridized carbons (Fsp3) is 0.914. The molecule has 0 aromatic heterocycles. The third-order valence-electron chi connectivity index (χ3n) is 9.11. The lowest BCUT2D eigenvalue weighted by Gasteiger charge is -2.22. The second kappa shape index (κ2) is 22.5. The number of rotatable bonds is 26. The van der Waals surface area contributed by atoms with Crippen LogP contribution in [0.5, 0.6) is 0 Å². The van der Waals surface area contributed by atoms with Gasteiger partial charge >= 0.3 is 5.97 Å². The van der Waals surface area contributed by atoms with Gasteiger partial charge in [-0.05, 0) is 64.4 Å². The Kier molecular flexibility index (Phi) is 19.9. The van der Waals surface area contributed by atoms with Crippen LogP contribution in [0.4, 0.5) is 0 Å². The van der Waals surface area contributed by atoms with Crippen LogP contribution in [-0.4, -0.2) is 69.1 Å². The Labute approximate surface area is 256 Å². The third kappa shape index (κ3) is 16.2. The van der Waals surface area contributed by atoms with Crippen molar-refractivity contribution in [3.8, 4) is 0 Å². The maximum absolute atomic E-state index is 11.6. The van der Waals surface area contributed by atoms with E-state index in [0.29, 0.717) is 31.3 Å². The smallest absolute Gasteiger partial charge is 0.334 e. The SMILES string of the molecule is CCCCCCCCCCCCC(O)C1CCC(C(O)CCCC(O)CCCCCCC(O)CC2=CC(C)OC2=O)O1. The molecule has 7 nitrogen and oxygen atoms in total. The number of cyclic esters (lactones) is 1. The summed E-state index contributed by atoms with van der Waals surface area (Å²) >= 11 is 0. The summed E-state index contributed by atoms with van der Waals surface area (Å²) in [6.07, 6.45) is 22.3.